The minimum Gasteiger partial charge on any atom is -0.381 e. The van der Waals surface area contributed by atoms with Crippen LogP contribution in [-0.4, -0.2) is 39.5 Å². The van der Waals surface area contributed by atoms with Crippen LogP contribution in [-0.2, 0) is 4.74 Å². The summed E-state index contributed by atoms with van der Waals surface area (Å²) < 4.78 is 10.9. The van der Waals surface area contributed by atoms with Crippen LogP contribution in [0.4, 0.5) is 0 Å². The third-order valence-electron chi connectivity index (χ3n) is 4.72. The number of H-pyrrole nitrogens is 1. The summed E-state index contributed by atoms with van der Waals surface area (Å²) in [5.74, 6) is 1.49. The predicted molar refractivity (Wildman–Crippen MR) is 94.8 cm³/mol. The maximum absolute atomic E-state index is 12.7. The number of carbonyl (C=O) groups excluding carboxylic acids is 1. The van der Waals surface area contributed by atoms with Gasteiger partial charge in [-0.05, 0) is 30.7 Å². The van der Waals surface area contributed by atoms with E-state index in [4.69, 9.17) is 9.26 Å². The molecular formula is C18H27N5O3. The lowest BCUT2D eigenvalue weighted by Gasteiger charge is -2.28. The van der Waals surface area contributed by atoms with Crippen LogP contribution in [0.5, 0.6) is 0 Å². The third kappa shape index (κ3) is 4.12. The molecule has 1 amide bonds. The zero-order chi connectivity index (χ0) is 18.7. The Balaban J connectivity index is 1.80. The second kappa shape index (κ2) is 7.99. The average Bonchev–Trinajstić information content (AvgIpc) is 3.30. The Labute approximate surface area is 153 Å². The van der Waals surface area contributed by atoms with E-state index in [0.29, 0.717) is 30.6 Å². The molecule has 0 aliphatic carbocycles. The lowest BCUT2D eigenvalue weighted by atomic mass is 9.91. The number of amides is 1. The van der Waals surface area contributed by atoms with Crippen molar-refractivity contribution in [2.45, 2.75) is 58.4 Å². The SMILES string of the molecule is CC(C)c1noc([C@@H](NC(=O)c2cc(C(C)C)[nH]n2)C2CCOCC2)n1. The zero-order valence-corrected chi connectivity index (χ0v) is 15.8. The second-order valence-corrected chi connectivity index (χ2v) is 7.41. The van der Waals surface area contributed by atoms with Gasteiger partial charge < -0.3 is 14.6 Å². The topological polar surface area (TPSA) is 106 Å². The molecule has 8 heteroatoms. The number of nitrogens with one attached hydrogen (secondary N) is 2. The number of aromatic nitrogens is 4. The summed E-state index contributed by atoms with van der Waals surface area (Å²) in [6.45, 7) is 9.45. The van der Waals surface area contributed by atoms with Crippen molar-refractivity contribution < 1.29 is 14.1 Å². The standard InChI is InChI=1S/C18H27N5O3/c1-10(2)13-9-14(22-21-13)17(24)19-15(12-5-7-25-8-6-12)18-20-16(11(3)4)23-26-18/h9-12,15H,5-8H2,1-4H3,(H,19,24)(H,21,22)/t15-/m0/s1. The number of carbonyl (C=O) groups is 1. The highest BCUT2D eigenvalue weighted by Gasteiger charge is 2.32. The van der Waals surface area contributed by atoms with E-state index < -0.39 is 0 Å². The molecule has 0 spiro atoms. The normalized spacial score (nSPS) is 17.0. The smallest absolute Gasteiger partial charge is 0.272 e. The Hall–Kier alpha value is -2.22. The Morgan fingerprint density at radius 3 is 2.54 bits per heavy atom. The van der Waals surface area contributed by atoms with Gasteiger partial charge in [0.05, 0.1) is 0 Å². The molecule has 2 N–H and O–H groups in total. The molecule has 0 aromatic carbocycles. The highest BCUT2D eigenvalue weighted by molar-refractivity contribution is 5.92. The first-order valence-electron chi connectivity index (χ1n) is 9.23. The summed E-state index contributed by atoms with van der Waals surface area (Å²) in [7, 11) is 0. The van der Waals surface area contributed by atoms with Crippen LogP contribution in [0, 0.1) is 5.92 Å². The molecule has 1 aliphatic rings. The molecule has 0 radical (unpaired) electrons. The highest BCUT2D eigenvalue weighted by atomic mass is 16.5. The van der Waals surface area contributed by atoms with Gasteiger partial charge in [0.15, 0.2) is 5.82 Å². The quantitative estimate of drug-likeness (QED) is 0.819. The first kappa shape index (κ1) is 18.6. The minimum absolute atomic E-state index is 0.165. The molecule has 0 bridgehead atoms. The number of hydrogen-bond donors (Lipinski definition) is 2. The van der Waals surface area contributed by atoms with Gasteiger partial charge in [-0.3, -0.25) is 9.89 Å². The van der Waals surface area contributed by atoms with Gasteiger partial charge in [0.1, 0.15) is 11.7 Å². The molecule has 1 atom stereocenters. The zero-order valence-electron chi connectivity index (χ0n) is 15.8. The van der Waals surface area contributed by atoms with Gasteiger partial charge in [-0.25, -0.2) is 0 Å². The van der Waals surface area contributed by atoms with Crippen LogP contribution in [0.25, 0.3) is 0 Å². The van der Waals surface area contributed by atoms with E-state index in [9.17, 15) is 4.79 Å². The van der Waals surface area contributed by atoms with Crippen molar-refractivity contribution in [3.05, 3.63) is 29.2 Å². The van der Waals surface area contributed by atoms with Crippen LogP contribution in [0.15, 0.2) is 10.6 Å². The van der Waals surface area contributed by atoms with E-state index in [1.54, 1.807) is 6.07 Å². The van der Waals surface area contributed by atoms with Crippen molar-refractivity contribution in [2.24, 2.45) is 5.92 Å². The summed E-state index contributed by atoms with van der Waals surface area (Å²) in [4.78, 5) is 17.2. The molecule has 2 aromatic heterocycles. The first-order chi connectivity index (χ1) is 12.5. The molecule has 3 rings (SSSR count). The van der Waals surface area contributed by atoms with Crippen molar-refractivity contribution in [1.29, 1.82) is 0 Å². The number of ether oxygens (including phenoxy) is 1. The number of rotatable bonds is 6. The van der Waals surface area contributed by atoms with Crippen LogP contribution in [0.1, 0.15) is 86.3 Å². The van der Waals surface area contributed by atoms with Gasteiger partial charge in [-0.15, -0.1) is 0 Å². The molecule has 26 heavy (non-hydrogen) atoms. The Kier molecular flexibility index (Phi) is 5.70. The fourth-order valence-electron chi connectivity index (χ4n) is 3.00. The molecule has 3 heterocycles. The van der Waals surface area contributed by atoms with Gasteiger partial charge in [0, 0.05) is 24.8 Å². The van der Waals surface area contributed by atoms with Gasteiger partial charge in [-0.1, -0.05) is 32.9 Å². The molecule has 0 saturated carbocycles. The Morgan fingerprint density at radius 2 is 1.96 bits per heavy atom. The molecule has 0 unspecified atom stereocenters. The molecule has 8 nitrogen and oxygen atoms in total. The van der Waals surface area contributed by atoms with Crippen LogP contribution >= 0.6 is 0 Å². The van der Waals surface area contributed by atoms with Gasteiger partial charge >= 0.3 is 0 Å². The lowest BCUT2D eigenvalue weighted by Crippen LogP contribution is -2.36. The summed E-state index contributed by atoms with van der Waals surface area (Å²) in [5, 5.41) is 14.1. The van der Waals surface area contributed by atoms with E-state index >= 15 is 0 Å². The van der Waals surface area contributed by atoms with Crippen molar-refractivity contribution in [1.82, 2.24) is 25.7 Å². The van der Waals surface area contributed by atoms with Crippen molar-refractivity contribution in [2.75, 3.05) is 13.2 Å². The van der Waals surface area contributed by atoms with Crippen LogP contribution in [0.3, 0.4) is 0 Å². The van der Waals surface area contributed by atoms with Crippen LogP contribution < -0.4 is 5.32 Å². The summed E-state index contributed by atoms with van der Waals surface area (Å²) >= 11 is 0. The molecular weight excluding hydrogens is 334 g/mol. The first-order valence-corrected chi connectivity index (χ1v) is 9.23. The van der Waals surface area contributed by atoms with Crippen molar-refractivity contribution >= 4 is 5.91 Å². The number of hydrogen-bond acceptors (Lipinski definition) is 6. The average molecular weight is 361 g/mol. The molecule has 142 valence electrons. The van der Waals surface area contributed by atoms with Crippen LogP contribution in [0.2, 0.25) is 0 Å². The predicted octanol–water partition coefficient (Wildman–Crippen LogP) is 2.94. The van der Waals surface area contributed by atoms with Crippen molar-refractivity contribution in [3.8, 4) is 0 Å². The van der Waals surface area contributed by atoms with E-state index in [2.05, 4.69) is 25.7 Å². The summed E-state index contributed by atoms with van der Waals surface area (Å²) in [6.07, 6.45) is 1.67. The van der Waals surface area contributed by atoms with Gasteiger partial charge in [0.2, 0.25) is 5.89 Å². The van der Waals surface area contributed by atoms with E-state index in [-0.39, 0.29) is 29.7 Å². The molecule has 1 saturated heterocycles. The lowest BCUT2D eigenvalue weighted by molar-refractivity contribution is 0.0467. The van der Waals surface area contributed by atoms with E-state index in [0.717, 1.165) is 18.5 Å². The van der Waals surface area contributed by atoms with Gasteiger partial charge in [-0.2, -0.15) is 10.1 Å². The molecule has 1 aliphatic heterocycles. The van der Waals surface area contributed by atoms with Gasteiger partial charge in [0.25, 0.3) is 5.91 Å². The maximum Gasteiger partial charge on any atom is 0.272 e. The highest BCUT2D eigenvalue weighted by Crippen LogP contribution is 2.30. The monoisotopic (exact) mass is 361 g/mol. The minimum atomic E-state index is -0.342. The fourth-order valence-corrected chi connectivity index (χ4v) is 3.00. The number of aromatic amines is 1. The summed E-state index contributed by atoms with van der Waals surface area (Å²) in [5.41, 5.74) is 1.30. The Bertz CT molecular complexity index is 731. The number of nitrogens with zero attached hydrogens (tertiary/aromatic N) is 3. The fraction of sp³-hybridized carbons (Fsp3) is 0.667. The summed E-state index contributed by atoms with van der Waals surface area (Å²) in [6, 6.07) is 1.44. The van der Waals surface area contributed by atoms with E-state index in [1.165, 1.54) is 0 Å². The second-order valence-electron chi connectivity index (χ2n) is 7.41. The largest absolute Gasteiger partial charge is 0.381 e. The van der Waals surface area contributed by atoms with Crippen molar-refractivity contribution in [3.63, 3.8) is 0 Å². The van der Waals surface area contributed by atoms with E-state index in [1.807, 2.05) is 27.7 Å². The molecule has 1 fully saturated rings. The molecule has 2 aromatic rings. The maximum atomic E-state index is 12.7. The Morgan fingerprint density at radius 1 is 1.23 bits per heavy atom. The third-order valence-corrected chi connectivity index (χ3v) is 4.72.